The molecule has 1 atom stereocenters. The predicted molar refractivity (Wildman–Crippen MR) is 85.6 cm³/mol. The van der Waals surface area contributed by atoms with Crippen molar-refractivity contribution < 1.29 is 12.8 Å². The van der Waals surface area contributed by atoms with Gasteiger partial charge in [-0.05, 0) is 18.6 Å². The van der Waals surface area contributed by atoms with Crippen LogP contribution in [-0.2, 0) is 16.6 Å². The summed E-state index contributed by atoms with van der Waals surface area (Å²) in [5.41, 5.74) is 2.06. The van der Waals surface area contributed by atoms with Gasteiger partial charge in [-0.25, -0.2) is 17.5 Å². The van der Waals surface area contributed by atoms with Crippen LogP contribution in [0.5, 0.6) is 0 Å². The topological polar surface area (TPSA) is 78.1 Å². The minimum atomic E-state index is -3.19. The molecule has 0 radical (unpaired) electrons. The zero-order valence-corrected chi connectivity index (χ0v) is 13.6. The summed E-state index contributed by atoms with van der Waals surface area (Å²) in [7, 11) is -3.19. The van der Waals surface area contributed by atoms with E-state index in [0.717, 1.165) is 18.5 Å². The van der Waals surface area contributed by atoms with E-state index in [1.807, 2.05) is 0 Å². The fourth-order valence-electron chi connectivity index (χ4n) is 2.94. The van der Waals surface area contributed by atoms with Crippen LogP contribution in [0.15, 0.2) is 30.5 Å². The Morgan fingerprint density at radius 1 is 1.43 bits per heavy atom. The van der Waals surface area contributed by atoms with E-state index in [-0.39, 0.29) is 11.9 Å². The van der Waals surface area contributed by atoms with E-state index in [1.165, 1.54) is 12.3 Å². The SMILES string of the molecule is CS(=O)(=O)NC1CCN(Cc2cn[nH]c2-c2ccccc2F)C1. The number of aromatic amines is 1. The van der Waals surface area contributed by atoms with Crippen LogP contribution in [-0.4, -0.2) is 48.9 Å². The van der Waals surface area contributed by atoms with E-state index in [4.69, 9.17) is 0 Å². The average Bonchev–Trinajstić information content (AvgIpc) is 3.08. The number of halogens is 1. The Kier molecular flexibility index (Phi) is 4.47. The molecule has 1 aromatic carbocycles. The lowest BCUT2D eigenvalue weighted by atomic mass is 10.1. The summed E-state index contributed by atoms with van der Waals surface area (Å²) in [5.74, 6) is -0.295. The second-order valence-corrected chi connectivity index (χ2v) is 7.64. The van der Waals surface area contributed by atoms with Gasteiger partial charge in [-0.15, -0.1) is 0 Å². The van der Waals surface area contributed by atoms with E-state index >= 15 is 0 Å². The highest BCUT2D eigenvalue weighted by Gasteiger charge is 2.25. The number of likely N-dealkylation sites (tertiary alicyclic amines) is 1. The minimum Gasteiger partial charge on any atom is -0.297 e. The highest BCUT2D eigenvalue weighted by molar-refractivity contribution is 7.88. The number of sulfonamides is 1. The first-order valence-corrected chi connectivity index (χ1v) is 9.28. The van der Waals surface area contributed by atoms with Gasteiger partial charge in [-0.3, -0.25) is 10.00 Å². The van der Waals surface area contributed by atoms with Crippen molar-refractivity contribution in [1.82, 2.24) is 19.8 Å². The van der Waals surface area contributed by atoms with Gasteiger partial charge in [0.05, 0.1) is 18.1 Å². The maximum Gasteiger partial charge on any atom is 0.208 e. The molecule has 8 heteroatoms. The van der Waals surface area contributed by atoms with Crippen molar-refractivity contribution in [3.63, 3.8) is 0 Å². The fraction of sp³-hybridized carbons (Fsp3) is 0.400. The van der Waals surface area contributed by atoms with E-state index in [2.05, 4.69) is 19.8 Å². The molecule has 23 heavy (non-hydrogen) atoms. The average molecular weight is 338 g/mol. The lowest BCUT2D eigenvalue weighted by molar-refractivity contribution is 0.325. The Balaban J connectivity index is 1.71. The summed E-state index contributed by atoms with van der Waals surface area (Å²) < 4.78 is 39.2. The van der Waals surface area contributed by atoms with Gasteiger partial charge in [-0.1, -0.05) is 12.1 Å². The van der Waals surface area contributed by atoms with Crippen LogP contribution in [0.3, 0.4) is 0 Å². The Morgan fingerprint density at radius 2 is 2.22 bits per heavy atom. The third-order valence-electron chi connectivity index (χ3n) is 3.91. The van der Waals surface area contributed by atoms with Crippen LogP contribution >= 0.6 is 0 Å². The number of benzene rings is 1. The van der Waals surface area contributed by atoms with Crippen molar-refractivity contribution in [1.29, 1.82) is 0 Å². The van der Waals surface area contributed by atoms with Gasteiger partial charge in [-0.2, -0.15) is 5.10 Å². The second kappa shape index (κ2) is 6.38. The summed E-state index contributed by atoms with van der Waals surface area (Å²) in [6.45, 7) is 2.02. The van der Waals surface area contributed by atoms with Crippen LogP contribution in [0.2, 0.25) is 0 Å². The smallest absolute Gasteiger partial charge is 0.208 e. The Hall–Kier alpha value is -1.77. The van der Waals surface area contributed by atoms with E-state index in [0.29, 0.717) is 24.3 Å². The van der Waals surface area contributed by atoms with Crippen LogP contribution in [0.25, 0.3) is 11.3 Å². The zero-order valence-electron chi connectivity index (χ0n) is 12.8. The quantitative estimate of drug-likeness (QED) is 0.862. The van der Waals surface area contributed by atoms with Gasteiger partial charge in [0.25, 0.3) is 0 Å². The number of nitrogens with zero attached hydrogens (tertiary/aromatic N) is 2. The molecule has 6 nitrogen and oxygen atoms in total. The molecule has 1 aromatic heterocycles. The molecule has 3 rings (SSSR count). The number of hydrogen-bond acceptors (Lipinski definition) is 4. The Morgan fingerprint density at radius 3 is 2.96 bits per heavy atom. The standard InChI is InChI=1S/C15H19FN4O2S/c1-23(21,22)19-12-6-7-20(10-12)9-11-8-17-18-15(11)13-4-2-3-5-14(13)16/h2-5,8,12,19H,6-7,9-10H2,1H3,(H,17,18). The predicted octanol–water partition coefficient (Wildman–Crippen LogP) is 1.34. The first-order chi connectivity index (χ1) is 10.9. The lowest BCUT2D eigenvalue weighted by Crippen LogP contribution is -2.36. The molecule has 1 unspecified atom stereocenters. The molecule has 2 N–H and O–H groups in total. The number of rotatable bonds is 5. The molecule has 2 heterocycles. The zero-order chi connectivity index (χ0) is 16.4. The molecule has 0 saturated carbocycles. The van der Waals surface area contributed by atoms with Gasteiger partial charge >= 0.3 is 0 Å². The minimum absolute atomic E-state index is 0.0752. The summed E-state index contributed by atoms with van der Waals surface area (Å²) in [5, 5.41) is 6.89. The van der Waals surface area contributed by atoms with Gasteiger partial charge in [0.1, 0.15) is 5.82 Å². The molecule has 0 aliphatic carbocycles. The highest BCUT2D eigenvalue weighted by atomic mass is 32.2. The van der Waals surface area contributed by atoms with Crippen molar-refractivity contribution in [2.45, 2.75) is 19.0 Å². The maximum atomic E-state index is 14.0. The van der Waals surface area contributed by atoms with Gasteiger partial charge in [0.15, 0.2) is 0 Å². The van der Waals surface area contributed by atoms with Crippen molar-refractivity contribution in [2.24, 2.45) is 0 Å². The Labute approximate surface area is 134 Å². The number of hydrogen-bond donors (Lipinski definition) is 2. The number of H-pyrrole nitrogens is 1. The van der Waals surface area contributed by atoms with Crippen molar-refractivity contribution in [3.05, 3.63) is 41.8 Å². The van der Waals surface area contributed by atoms with Crippen LogP contribution in [0.4, 0.5) is 4.39 Å². The Bertz CT molecular complexity index is 790. The number of nitrogens with one attached hydrogen (secondary N) is 2. The van der Waals surface area contributed by atoms with E-state index in [9.17, 15) is 12.8 Å². The number of aromatic nitrogens is 2. The first-order valence-electron chi connectivity index (χ1n) is 7.39. The third kappa shape index (κ3) is 3.95. The molecule has 124 valence electrons. The monoisotopic (exact) mass is 338 g/mol. The molecule has 1 saturated heterocycles. The van der Waals surface area contributed by atoms with E-state index in [1.54, 1.807) is 24.4 Å². The summed E-state index contributed by atoms with van der Waals surface area (Å²) in [6, 6.07) is 6.49. The molecular formula is C15H19FN4O2S. The molecule has 0 spiro atoms. The third-order valence-corrected chi connectivity index (χ3v) is 4.67. The molecule has 2 aromatic rings. The summed E-state index contributed by atoms with van der Waals surface area (Å²) in [4.78, 5) is 2.14. The van der Waals surface area contributed by atoms with Crippen LogP contribution < -0.4 is 4.72 Å². The second-order valence-electron chi connectivity index (χ2n) is 5.86. The molecule has 1 aliphatic rings. The van der Waals surface area contributed by atoms with Crippen LogP contribution in [0, 0.1) is 5.82 Å². The molecule has 1 aliphatic heterocycles. The molecule has 0 bridgehead atoms. The van der Waals surface area contributed by atoms with Gasteiger partial charge in [0, 0.05) is 36.8 Å². The first kappa shape index (κ1) is 16.1. The van der Waals surface area contributed by atoms with Gasteiger partial charge in [0.2, 0.25) is 10.0 Å². The molecular weight excluding hydrogens is 319 g/mol. The van der Waals surface area contributed by atoms with Crippen molar-refractivity contribution in [2.75, 3.05) is 19.3 Å². The van der Waals surface area contributed by atoms with E-state index < -0.39 is 10.0 Å². The highest BCUT2D eigenvalue weighted by Crippen LogP contribution is 2.25. The lowest BCUT2D eigenvalue weighted by Gasteiger charge is -2.16. The summed E-state index contributed by atoms with van der Waals surface area (Å²) in [6.07, 6.45) is 3.63. The largest absolute Gasteiger partial charge is 0.297 e. The molecule has 1 fully saturated rings. The van der Waals surface area contributed by atoms with Crippen molar-refractivity contribution in [3.8, 4) is 11.3 Å². The maximum absolute atomic E-state index is 14.0. The molecule has 0 amide bonds. The normalized spacial score (nSPS) is 19.3. The fourth-order valence-corrected chi connectivity index (χ4v) is 3.74. The van der Waals surface area contributed by atoms with Crippen molar-refractivity contribution >= 4 is 10.0 Å². The summed E-state index contributed by atoms with van der Waals surface area (Å²) >= 11 is 0. The van der Waals surface area contributed by atoms with Gasteiger partial charge < -0.3 is 0 Å². The van der Waals surface area contributed by atoms with Crippen LogP contribution in [0.1, 0.15) is 12.0 Å².